The van der Waals surface area contributed by atoms with Crippen molar-refractivity contribution in [2.75, 3.05) is 11.4 Å². The largest absolute Gasteiger partial charge is 0.351 e. The minimum atomic E-state index is -0.168. The Morgan fingerprint density at radius 1 is 1.04 bits per heavy atom. The van der Waals surface area contributed by atoms with Gasteiger partial charge in [-0.1, -0.05) is 44.2 Å². The maximum atomic E-state index is 12.1. The van der Waals surface area contributed by atoms with E-state index in [1.807, 2.05) is 24.3 Å². The molecule has 0 radical (unpaired) electrons. The first-order valence-corrected chi connectivity index (χ1v) is 8.90. The summed E-state index contributed by atoms with van der Waals surface area (Å²) in [5.41, 5.74) is 1.57. The molecule has 1 amide bonds. The standard InChI is InChI=1S/C20H28N4O/c1-15(2)12-13-21-20(25)18-10-11-19(23-22-18)24(16(3)4)14-17-8-6-5-7-9-17/h5-11,15-16H,12-14H2,1-4H3,(H,21,25). The van der Waals surface area contributed by atoms with Gasteiger partial charge in [0.25, 0.3) is 5.91 Å². The first-order chi connectivity index (χ1) is 12.0. The summed E-state index contributed by atoms with van der Waals surface area (Å²) in [6.45, 7) is 9.93. The molecule has 25 heavy (non-hydrogen) atoms. The van der Waals surface area contributed by atoms with E-state index in [1.165, 1.54) is 5.56 Å². The number of anilines is 1. The number of hydrogen-bond acceptors (Lipinski definition) is 4. The molecule has 1 heterocycles. The van der Waals surface area contributed by atoms with E-state index in [-0.39, 0.29) is 11.9 Å². The molecule has 0 bridgehead atoms. The third-order valence-corrected chi connectivity index (χ3v) is 4.00. The van der Waals surface area contributed by atoms with Crippen LogP contribution in [0.15, 0.2) is 42.5 Å². The quantitative estimate of drug-likeness (QED) is 0.796. The molecule has 0 saturated carbocycles. The van der Waals surface area contributed by atoms with Crippen LogP contribution >= 0.6 is 0 Å². The fourth-order valence-corrected chi connectivity index (χ4v) is 2.47. The summed E-state index contributed by atoms with van der Waals surface area (Å²) >= 11 is 0. The lowest BCUT2D eigenvalue weighted by molar-refractivity contribution is 0.0946. The Hall–Kier alpha value is -2.43. The maximum absolute atomic E-state index is 12.1. The molecule has 1 aromatic carbocycles. The van der Waals surface area contributed by atoms with Crippen LogP contribution in [-0.4, -0.2) is 28.7 Å². The molecule has 1 N–H and O–H groups in total. The number of nitrogens with one attached hydrogen (secondary N) is 1. The van der Waals surface area contributed by atoms with Crippen molar-refractivity contribution in [2.45, 2.75) is 46.7 Å². The summed E-state index contributed by atoms with van der Waals surface area (Å²) in [6.07, 6.45) is 0.954. The van der Waals surface area contributed by atoms with Crippen molar-refractivity contribution in [2.24, 2.45) is 5.92 Å². The van der Waals surface area contributed by atoms with Gasteiger partial charge >= 0.3 is 0 Å². The Morgan fingerprint density at radius 2 is 1.76 bits per heavy atom. The Bertz CT molecular complexity index is 653. The number of hydrogen-bond donors (Lipinski definition) is 1. The molecular weight excluding hydrogens is 312 g/mol. The molecule has 0 spiro atoms. The van der Waals surface area contributed by atoms with Gasteiger partial charge in [-0.15, -0.1) is 10.2 Å². The minimum Gasteiger partial charge on any atom is -0.351 e. The van der Waals surface area contributed by atoms with Gasteiger partial charge in [0.15, 0.2) is 11.5 Å². The van der Waals surface area contributed by atoms with Crippen LogP contribution < -0.4 is 10.2 Å². The molecule has 0 fully saturated rings. The van der Waals surface area contributed by atoms with Crippen molar-refractivity contribution in [1.29, 1.82) is 0 Å². The van der Waals surface area contributed by atoms with E-state index in [0.29, 0.717) is 18.2 Å². The number of carbonyl (C=O) groups excluding carboxylic acids is 1. The highest BCUT2D eigenvalue weighted by Crippen LogP contribution is 2.17. The van der Waals surface area contributed by atoms with Gasteiger partial charge in [-0.2, -0.15) is 0 Å². The molecule has 0 saturated heterocycles. The predicted molar refractivity (Wildman–Crippen MR) is 102 cm³/mol. The Morgan fingerprint density at radius 3 is 2.32 bits per heavy atom. The average molecular weight is 340 g/mol. The number of rotatable bonds is 8. The summed E-state index contributed by atoms with van der Waals surface area (Å²) in [6, 6.07) is 14.2. The van der Waals surface area contributed by atoms with Gasteiger partial charge < -0.3 is 10.2 Å². The third-order valence-electron chi connectivity index (χ3n) is 4.00. The molecule has 2 aromatic rings. The van der Waals surface area contributed by atoms with Crippen LogP contribution in [0, 0.1) is 5.92 Å². The predicted octanol–water partition coefficient (Wildman–Crippen LogP) is 3.67. The number of nitrogens with zero attached hydrogens (tertiary/aromatic N) is 3. The second-order valence-electron chi connectivity index (χ2n) is 6.92. The molecule has 1 aromatic heterocycles. The zero-order valence-corrected chi connectivity index (χ0v) is 15.6. The summed E-state index contributed by atoms with van der Waals surface area (Å²) in [5, 5.41) is 11.3. The fraction of sp³-hybridized carbons (Fsp3) is 0.450. The molecular formula is C20H28N4O. The van der Waals surface area contributed by atoms with Crippen LogP contribution in [0.3, 0.4) is 0 Å². The topological polar surface area (TPSA) is 58.1 Å². The summed E-state index contributed by atoms with van der Waals surface area (Å²) < 4.78 is 0. The number of carbonyl (C=O) groups is 1. The van der Waals surface area contributed by atoms with Gasteiger partial charge in [-0.3, -0.25) is 4.79 Å². The van der Waals surface area contributed by atoms with E-state index in [1.54, 1.807) is 6.07 Å². The van der Waals surface area contributed by atoms with E-state index in [0.717, 1.165) is 18.8 Å². The van der Waals surface area contributed by atoms with Crippen molar-refractivity contribution in [3.05, 3.63) is 53.7 Å². The Labute approximate surface area is 150 Å². The number of benzene rings is 1. The molecule has 134 valence electrons. The highest BCUT2D eigenvalue weighted by Gasteiger charge is 2.15. The van der Waals surface area contributed by atoms with Gasteiger partial charge in [0, 0.05) is 19.1 Å². The summed E-state index contributed by atoms with van der Waals surface area (Å²) in [4.78, 5) is 14.3. The molecule has 5 nitrogen and oxygen atoms in total. The van der Waals surface area contributed by atoms with E-state index >= 15 is 0 Å². The van der Waals surface area contributed by atoms with Gasteiger partial charge in [0.2, 0.25) is 0 Å². The van der Waals surface area contributed by atoms with Gasteiger partial charge in [-0.05, 0) is 43.9 Å². The molecule has 2 rings (SSSR count). The van der Waals surface area contributed by atoms with Crippen molar-refractivity contribution < 1.29 is 4.79 Å². The van der Waals surface area contributed by atoms with E-state index < -0.39 is 0 Å². The van der Waals surface area contributed by atoms with Crippen molar-refractivity contribution in [1.82, 2.24) is 15.5 Å². The van der Waals surface area contributed by atoms with Crippen LogP contribution in [-0.2, 0) is 6.54 Å². The van der Waals surface area contributed by atoms with E-state index in [2.05, 4.69) is 60.2 Å². The number of amides is 1. The monoisotopic (exact) mass is 340 g/mol. The first-order valence-electron chi connectivity index (χ1n) is 8.90. The van der Waals surface area contributed by atoms with E-state index in [9.17, 15) is 4.79 Å². The fourth-order valence-electron chi connectivity index (χ4n) is 2.47. The van der Waals surface area contributed by atoms with Gasteiger partial charge in [0.1, 0.15) is 0 Å². The first kappa shape index (κ1) is 18.9. The normalized spacial score (nSPS) is 11.0. The molecule has 0 aliphatic heterocycles. The molecule has 0 unspecified atom stereocenters. The highest BCUT2D eigenvalue weighted by molar-refractivity contribution is 5.92. The van der Waals surface area contributed by atoms with Crippen LogP contribution in [0.25, 0.3) is 0 Å². The average Bonchev–Trinajstić information content (AvgIpc) is 2.60. The second-order valence-corrected chi connectivity index (χ2v) is 6.92. The van der Waals surface area contributed by atoms with Gasteiger partial charge in [0.05, 0.1) is 0 Å². The second kappa shape index (κ2) is 9.16. The maximum Gasteiger partial charge on any atom is 0.271 e. The molecule has 0 atom stereocenters. The summed E-state index contributed by atoms with van der Waals surface area (Å²) in [5.74, 6) is 1.17. The number of aromatic nitrogens is 2. The Balaban J connectivity index is 2.04. The summed E-state index contributed by atoms with van der Waals surface area (Å²) in [7, 11) is 0. The van der Waals surface area contributed by atoms with Crippen LogP contribution in [0.5, 0.6) is 0 Å². The lowest BCUT2D eigenvalue weighted by atomic mass is 10.1. The van der Waals surface area contributed by atoms with Crippen molar-refractivity contribution in [3.63, 3.8) is 0 Å². The van der Waals surface area contributed by atoms with Crippen molar-refractivity contribution in [3.8, 4) is 0 Å². The zero-order chi connectivity index (χ0) is 18.2. The minimum absolute atomic E-state index is 0.168. The zero-order valence-electron chi connectivity index (χ0n) is 15.6. The van der Waals surface area contributed by atoms with Crippen LogP contribution in [0.1, 0.15) is 50.2 Å². The highest BCUT2D eigenvalue weighted by atomic mass is 16.1. The molecule has 5 heteroatoms. The lowest BCUT2D eigenvalue weighted by Gasteiger charge is -2.27. The smallest absolute Gasteiger partial charge is 0.271 e. The van der Waals surface area contributed by atoms with E-state index in [4.69, 9.17) is 0 Å². The molecule has 0 aliphatic rings. The van der Waals surface area contributed by atoms with Gasteiger partial charge in [-0.25, -0.2) is 0 Å². The SMILES string of the molecule is CC(C)CCNC(=O)c1ccc(N(Cc2ccccc2)C(C)C)nn1. The van der Waals surface area contributed by atoms with Crippen LogP contribution in [0.2, 0.25) is 0 Å². The Kier molecular flexibility index (Phi) is 6.92. The molecule has 0 aliphatic carbocycles. The van der Waals surface area contributed by atoms with Crippen molar-refractivity contribution >= 4 is 11.7 Å². The lowest BCUT2D eigenvalue weighted by Crippen LogP contribution is -2.32. The van der Waals surface area contributed by atoms with Crippen LogP contribution in [0.4, 0.5) is 5.82 Å². The third kappa shape index (κ3) is 5.85.